The van der Waals surface area contributed by atoms with Crippen molar-refractivity contribution in [3.05, 3.63) is 41.0 Å². The van der Waals surface area contributed by atoms with Gasteiger partial charge in [-0.3, -0.25) is 0 Å². The number of fused-ring (bicyclic) bond motifs is 1. The van der Waals surface area contributed by atoms with Crippen molar-refractivity contribution in [2.45, 2.75) is 39.0 Å². The second-order valence-electron chi connectivity index (χ2n) is 5.21. The maximum atomic E-state index is 2.29. The van der Waals surface area contributed by atoms with Gasteiger partial charge in [0.2, 0.25) is 0 Å². The Morgan fingerprint density at radius 2 is 1.86 bits per heavy atom. The summed E-state index contributed by atoms with van der Waals surface area (Å²) in [6, 6.07) is 6.68. The predicted octanol–water partition coefficient (Wildman–Crippen LogP) is 4.11. The largest absolute Gasteiger partial charge is 0.0766 e. The molecule has 1 aliphatic rings. The Kier molecular flexibility index (Phi) is 2.02. The average molecular weight is 186 g/mol. The zero-order valence-electron chi connectivity index (χ0n) is 9.46. The molecule has 0 bridgehead atoms. The lowest BCUT2D eigenvalue weighted by Gasteiger charge is -2.22. The first-order valence-electron chi connectivity index (χ1n) is 5.32. The highest BCUT2D eigenvalue weighted by atomic mass is 14.3. The lowest BCUT2D eigenvalue weighted by Crippen LogP contribution is -2.13. The van der Waals surface area contributed by atoms with Crippen molar-refractivity contribution in [2.75, 3.05) is 0 Å². The van der Waals surface area contributed by atoms with Crippen LogP contribution in [0, 0.1) is 0 Å². The van der Waals surface area contributed by atoms with Crippen molar-refractivity contribution in [3.63, 3.8) is 0 Å². The Hall–Kier alpha value is -1.04. The lowest BCUT2D eigenvalue weighted by atomic mass is 9.82. The molecule has 0 amide bonds. The number of hydrogen-bond donors (Lipinski definition) is 0. The molecule has 0 saturated carbocycles. The second-order valence-corrected chi connectivity index (χ2v) is 5.21. The van der Waals surface area contributed by atoms with Crippen LogP contribution in [0.5, 0.6) is 0 Å². The summed E-state index contributed by atoms with van der Waals surface area (Å²) in [5.41, 5.74) is 4.65. The van der Waals surface area contributed by atoms with Gasteiger partial charge in [-0.2, -0.15) is 0 Å². The van der Waals surface area contributed by atoms with E-state index in [1.807, 2.05) is 0 Å². The van der Waals surface area contributed by atoms with Crippen LogP contribution in [0.2, 0.25) is 0 Å². The first-order chi connectivity index (χ1) is 6.50. The summed E-state index contributed by atoms with van der Waals surface area (Å²) < 4.78 is 0. The lowest BCUT2D eigenvalue weighted by molar-refractivity contribution is 0.588. The molecule has 1 aliphatic carbocycles. The molecule has 0 spiro atoms. The van der Waals surface area contributed by atoms with Gasteiger partial charge in [-0.05, 0) is 28.0 Å². The van der Waals surface area contributed by atoms with E-state index in [-0.39, 0.29) is 5.41 Å². The molecule has 1 atom stereocenters. The molecule has 74 valence electrons. The highest BCUT2D eigenvalue weighted by molar-refractivity contribution is 5.66. The van der Waals surface area contributed by atoms with Crippen LogP contribution in [-0.4, -0.2) is 0 Å². The molecule has 0 nitrogen and oxygen atoms in total. The zero-order chi connectivity index (χ0) is 10.3. The van der Waals surface area contributed by atoms with Gasteiger partial charge in [0.1, 0.15) is 0 Å². The Bertz CT molecular complexity index is 378. The van der Waals surface area contributed by atoms with Gasteiger partial charge in [-0.15, -0.1) is 0 Å². The zero-order valence-corrected chi connectivity index (χ0v) is 9.46. The van der Waals surface area contributed by atoms with E-state index in [0.29, 0.717) is 5.92 Å². The minimum atomic E-state index is 0.250. The summed E-state index contributed by atoms with van der Waals surface area (Å²) in [6.45, 7) is 9.09. The van der Waals surface area contributed by atoms with Crippen molar-refractivity contribution >= 4 is 6.08 Å². The topological polar surface area (TPSA) is 0 Å². The van der Waals surface area contributed by atoms with Crippen molar-refractivity contribution in [3.8, 4) is 0 Å². The van der Waals surface area contributed by atoms with Gasteiger partial charge in [0.05, 0.1) is 0 Å². The van der Waals surface area contributed by atoms with E-state index in [1.165, 1.54) is 16.7 Å². The Labute approximate surface area is 86.7 Å². The van der Waals surface area contributed by atoms with Gasteiger partial charge < -0.3 is 0 Å². The van der Waals surface area contributed by atoms with Gasteiger partial charge in [0, 0.05) is 0 Å². The third-order valence-electron chi connectivity index (χ3n) is 2.99. The van der Waals surface area contributed by atoms with E-state index in [9.17, 15) is 0 Å². The van der Waals surface area contributed by atoms with Gasteiger partial charge in [-0.25, -0.2) is 0 Å². The molecule has 2 rings (SSSR count). The fourth-order valence-electron chi connectivity index (χ4n) is 2.16. The second kappa shape index (κ2) is 2.98. The molecule has 0 aromatic heterocycles. The molecule has 0 aliphatic heterocycles. The molecule has 0 N–H and O–H groups in total. The molecular formula is C14H18. The quantitative estimate of drug-likeness (QED) is 0.572. The molecule has 14 heavy (non-hydrogen) atoms. The van der Waals surface area contributed by atoms with E-state index < -0.39 is 0 Å². The van der Waals surface area contributed by atoms with Crippen LogP contribution in [-0.2, 0) is 5.41 Å². The van der Waals surface area contributed by atoms with E-state index >= 15 is 0 Å². The maximum Gasteiger partial charge on any atom is -0.000107 e. The molecule has 0 heterocycles. The van der Waals surface area contributed by atoms with Crippen molar-refractivity contribution in [1.82, 2.24) is 0 Å². The van der Waals surface area contributed by atoms with Gasteiger partial charge in [-0.1, -0.05) is 58.0 Å². The Morgan fingerprint density at radius 3 is 2.50 bits per heavy atom. The number of allylic oxidation sites excluding steroid dienone is 1. The highest BCUT2D eigenvalue weighted by Crippen LogP contribution is 2.36. The minimum absolute atomic E-state index is 0.250. The summed E-state index contributed by atoms with van der Waals surface area (Å²) >= 11 is 0. The maximum absolute atomic E-state index is 2.29. The van der Waals surface area contributed by atoms with Crippen LogP contribution in [0.3, 0.4) is 0 Å². The highest BCUT2D eigenvalue weighted by Gasteiger charge is 2.22. The smallest absolute Gasteiger partial charge is 0.000107 e. The first-order valence-corrected chi connectivity index (χ1v) is 5.32. The van der Waals surface area contributed by atoms with Crippen LogP contribution in [0.1, 0.15) is 50.3 Å². The molecule has 0 radical (unpaired) electrons. The Balaban J connectivity index is 2.60. The fourth-order valence-corrected chi connectivity index (χ4v) is 2.16. The minimum Gasteiger partial charge on any atom is -0.0766 e. The Morgan fingerprint density at radius 1 is 1.14 bits per heavy atom. The van der Waals surface area contributed by atoms with E-state index in [1.54, 1.807) is 0 Å². The van der Waals surface area contributed by atoms with Crippen LogP contribution in [0.4, 0.5) is 0 Å². The SMILES string of the molecule is CC1C=Cc2c1cccc2C(C)(C)C. The van der Waals surface area contributed by atoms with Gasteiger partial charge in [0.25, 0.3) is 0 Å². The third kappa shape index (κ3) is 1.39. The summed E-state index contributed by atoms with van der Waals surface area (Å²) in [6.07, 6.45) is 4.57. The van der Waals surface area contributed by atoms with E-state index in [2.05, 4.69) is 58.0 Å². The van der Waals surface area contributed by atoms with Crippen molar-refractivity contribution in [1.29, 1.82) is 0 Å². The molecule has 0 saturated heterocycles. The third-order valence-corrected chi connectivity index (χ3v) is 2.99. The average Bonchev–Trinajstić information content (AvgIpc) is 2.46. The van der Waals surface area contributed by atoms with Crippen molar-refractivity contribution < 1.29 is 0 Å². The van der Waals surface area contributed by atoms with Gasteiger partial charge in [0.15, 0.2) is 0 Å². The number of hydrogen-bond acceptors (Lipinski definition) is 0. The van der Waals surface area contributed by atoms with Crippen LogP contribution in [0.25, 0.3) is 6.08 Å². The standard InChI is InChI=1S/C14H18/c1-10-8-9-12-11(10)6-5-7-13(12)14(2,3)4/h5-10H,1-4H3. The normalized spacial score (nSPS) is 19.9. The van der Waals surface area contributed by atoms with E-state index in [4.69, 9.17) is 0 Å². The number of benzene rings is 1. The predicted molar refractivity (Wildman–Crippen MR) is 62.6 cm³/mol. The molecule has 1 aromatic rings. The molecular weight excluding hydrogens is 168 g/mol. The number of rotatable bonds is 0. The van der Waals surface area contributed by atoms with Crippen LogP contribution >= 0.6 is 0 Å². The summed E-state index contributed by atoms with van der Waals surface area (Å²) in [5, 5.41) is 0. The summed E-state index contributed by atoms with van der Waals surface area (Å²) in [7, 11) is 0. The van der Waals surface area contributed by atoms with Crippen molar-refractivity contribution in [2.24, 2.45) is 0 Å². The van der Waals surface area contributed by atoms with Gasteiger partial charge >= 0.3 is 0 Å². The fraction of sp³-hybridized carbons (Fsp3) is 0.429. The monoisotopic (exact) mass is 186 g/mol. The van der Waals surface area contributed by atoms with E-state index in [0.717, 1.165) is 0 Å². The first kappa shape index (κ1) is 9.51. The molecule has 1 aromatic carbocycles. The summed E-state index contributed by atoms with van der Waals surface area (Å²) in [4.78, 5) is 0. The van der Waals surface area contributed by atoms with Crippen LogP contribution < -0.4 is 0 Å². The summed E-state index contributed by atoms with van der Waals surface area (Å²) in [5.74, 6) is 0.590. The van der Waals surface area contributed by atoms with Crippen LogP contribution in [0.15, 0.2) is 24.3 Å². The molecule has 0 fully saturated rings. The molecule has 0 heteroatoms. The molecule has 1 unspecified atom stereocenters.